The average Bonchev–Trinajstić information content (AvgIpc) is 3.26. The molecule has 0 saturated carbocycles. The highest BCUT2D eigenvalue weighted by Gasteiger charge is 2.61. The second kappa shape index (κ2) is 9.99. The number of fused-ring (bicyclic) bond motifs is 1. The van der Waals surface area contributed by atoms with Crippen LogP contribution in [0, 0.1) is 0 Å². The molecule has 3 fully saturated rings. The predicted molar refractivity (Wildman–Crippen MR) is 113 cm³/mol. The van der Waals surface area contributed by atoms with E-state index in [4.69, 9.17) is 41.8 Å². The zero-order valence-electron chi connectivity index (χ0n) is 19.8. The van der Waals surface area contributed by atoms with Crippen molar-refractivity contribution in [2.45, 2.75) is 90.7 Å². The first-order chi connectivity index (χ1) is 14.8. The Kier molecular flexibility index (Phi) is 8.34. The SMILES string of the molecule is CCOP(=O)(CP(=O)(OCC)O[C@H]1O[C@H]([C@H]2COC(C)(C)O2)[C@@H]2OC(C)(C)O[C@H]12)OCC. The van der Waals surface area contributed by atoms with Crippen molar-refractivity contribution in [3.63, 3.8) is 0 Å². The van der Waals surface area contributed by atoms with Gasteiger partial charge in [0.25, 0.3) is 0 Å². The van der Waals surface area contributed by atoms with Gasteiger partial charge in [-0.25, -0.2) is 0 Å². The zero-order valence-corrected chi connectivity index (χ0v) is 21.6. The maximum atomic E-state index is 13.6. The van der Waals surface area contributed by atoms with Crippen LogP contribution in [0.15, 0.2) is 0 Å². The quantitative estimate of drug-likeness (QED) is 0.384. The van der Waals surface area contributed by atoms with Crippen molar-refractivity contribution < 1.29 is 50.9 Å². The number of hydrogen-bond donors (Lipinski definition) is 0. The molecule has 0 aromatic rings. The number of hydrogen-bond acceptors (Lipinski definition) is 11. The molecule has 0 amide bonds. The van der Waals surface area contributed by atoms with Crippen LogP contribution in [0.4, 0.5) is 0 Å². The van der Waals surface area contributed by atoms with E-state index < -0.39 is 63.4 Å². The van der Waals surface area contributed by atoms with Gasteiger partial charge in [-0.3, -0.25) is 13.7 Å². The molecule has 0 bridgehead atoms. The normalized spacial score (nSPS) is 35.7. The van der Waals surface area contributed by atoms with Crippen molar-refractivity contribution >= 4 is 15.2 Å². The lowest BCUT2D eigenvalue weighted by molar-refractivity contribution is -0.231. The van der Waals surface area contributed by atoms with Gasteiger partial charge in [-0.2, -0.15) is 0 Å². The molecule has 32 heavy (non-hydrogen) atoms. The van der Waals surface area contributed by atoms with E-state index in [0.29, 0.717) is 6.61 Å². The Balaban J connectivity index is 1.81. The van der Waals surface area contributed by atoms with Gasteiger partial charge in [0.1, 0.15) is 24.4 Å². The zero-order chi connectivity index (χ0) is 23.8. The summed E-state index contributed by atoms with van der Waals surface area (Å²) in [5, 5.41) is 0. The van der Waals surface area contributed by atoms with Gasteiger partial charge in [0.2, 0.25) is 0 Å². The Morgan fingerprint density at radius 3 is 1.88 bits per heavy atom. The van der Waals surface area contributed by atoms with Crippen LogP contribution in [-0.2, 0) is 50.9 Å². The molecule has 13 heteroatoms. The van der Waals surface area contributed by atoms with E-state index in [1.807, 2.05) is 13.8 Å². The van der Waals surface area contributed by atoms with Crippen LogP contribution < -0.4 is 0 Å². The highest BCUT2D eigenvalue weighted by atomic mass is 31.2. The summed E-state index contributed by atoms with van der Waals surface area (Å²) in [5.41, 5.74) is 0. The Hall–Kier alpha value is 0.100. The molecule has 188 valence electrons. The third-order valence-electron chi connectivity index (χ3n) is 5.03. The monoisotopic (exact) mass is 502 g/mol. The molecule has 3 aliphatic rings. The van der Waals surface area contributed by atoms with E-state index in [-0.39, 0.29) is 19.8 Å². The number of rotatable bonds is 11. The van der Waals surface area contributed by atoms with Crippen LogP contribution in [0.1, 0.15) is 48.5 Å². The van der Waals surface area contributed by atoms with Crippen molar-refractivity contribution in [3.8, 4) is 0 Å². The molecule has 0 aliphatic carbocycles. The van der Waals surface area contributed by atoms with E-state index in [2.05, 4.69) is 0 Å². The molecule has 0 spiro atoms. The summed E-state index contributed by atoms with van der Waals surface area (Å²) >= 11 is 0. The molecule has 11 nitrogen and oxygen atoms in total. The fourth-order valence-corrected chi connectivity index (χ4v) is 8.78. The van der Waals surface area contributed by atoms with Gasteiger partial charge < -0.3 is 37.3 Å². The molecule has 0 aromatic heterocycles. The molecule has 6 atom stereocenters. The summed E-state index contributed by atoms with van der Waals surface area (Å²) in [7, 11) is -7.69. The minimum Gasteiger partial charge on any atom is -0.348 e. The summed E-state index contributed by atoms with van der Waals surface area (Å²) in [5.74, 6) is -2.22. The predicted octanol–water partition coefficient (Wildman–Crippen LogP) is 3.85. The van der Waals surface area contributed by atoms with Crippen LogP contribution in [0.5, 0.6) is 0 Å². The highest BCUT2D eigenvalue weighted by Crippen LogP contribution is 2.65. The summed E-state index contributed by atoms with van der Waals surface area (Å²) in [6, 6.07) is 0. The number of ether oxygens (including phenoxy) is 5. The van der Waals surface area contributed by atoms with Crippen LogP contribution in [-0.4, -0.2) is 74.6 Å². The third kappa shape index (κ3) is 6.20. The summed E-state index contributed by atoms with van der Waals surface area (Å²) in [4.78, 5) is 0. The smallest absolute Gasteiger partial charge is 0.345 e. The second-order valence-corrected chi connectivity index (χ2v) is 13.2. The maximum absolute atomic E-state index is 13.6. The molecule has 3 heterocycles. The van der Waals surface area contributed by atoms with Crippen LogP contribution in [0.25, 0.3) is 0 Å². The summed E-state index contributed by atoms with van der Waals surface area (Å²) < 4.78 is 78.3. The van der Waals surface area contributed by atoms with Crippen LogP contribution in [0.2, 0.25) is 0 Å². The van der Waals surface area contributed by atoms with Crippen molar-refractivity contribution in [2.24, 2.45) is 0 Å². The van der Waals surface area contributed by atoms with Gasteiger partial charge in [-0.15, -0.1) is 0 Å². The fraction of sp³-hybridized carbons (Fsp3) is 1.00. The first-order valence-electron chi connectivity index (χ1n) is 11.0. The molecule has 3 saturated heterocycles. The first kappa shape index (κ1) is 26.7. The van der Waals surface area contributed by atoms with Gasteiger partial charge in [-0.05, 0) is 48.5 Å². The molecule has 1 unspecified atom stereocenters. The molecular formula is C19H36O11P2. The molecule has 0 radical (unpaired) electrons. The minimum atomic E-state index is -3.97. The van der Waals surface area contributed by atoms with E-state index in [1.165, 1.54) is 0 Å². The van der Waals surface area contributed by atoms with Gasteiger partial charge in [0.05, 0.1) is 26.4 Å². The minimum absolute atomic E-state index is 0.0659. The summed E-state index contributed by atoms with van der Waals surface area (Å²) in [6.07, 6.45) is -3.37. The Morgan fingerprint density at radius 2 is 1.34 bits per heavy atom. The van der Waals surface area contributed by atoms with Crippen molar-refractivity contribution in [2.75, 3.05) is 32.3 Å². The molecule has 3 aliphatic heterocycles. The lowest BCUT2D eigenvalue weighted by Gasteiger charge is -2.29. The largest absolute Gasteiger partial charge is 0.348 e. The van der Waals surface area contributed by atoms with E-state index >= 15 is 0 Å². The Labute approximate surface area is 189 Å². The third-order valence-corrected chi connectivity index (χ3v) is 10.3. The highest BCUT2D eigenvalue weighted by molar-refractivity contribution is 7.71. The lowest BCUT2D eigenvalue weighted by Crippen LogP contribution is -2.40. The van der Waals surface area contributed by atoms with Crippen molar-refractivity contribution in [3.05, 3.63) is 0 Å². The molecule has 3 rings (SSSR count). The molecule has 0 aromatic carbocycles. The Bertz CT molecular complexity index is 733. The lowest BCUT2D eigenvalue weighted by atomic mass is 10.1. The summed E-state index contributed by atoms with van der Waals surface area (Å²) in [6.45, 7) is 12.8. The van der Waals surface area contributed by atoms with Gasteiger partial charge >= 0.3 is 15.2 Å². The van der Waals surface area contributed by atoms with Gasteiger partial charge in [-0.1, -0.05) is 0 Å². The standard InChI is InChI=1S/C19H36O11P2/c1-8-23-31(20,24-9-2)12-32(21,25-10-3)30-17-16-15(28-19(6,7)29-16)14(26-17)13-11-22-18(4,5)27-13/h13-17H,8-12H2,1-7H3/t13-,14-,15+,16+,17-,32?/m1/s1. The Morgan fingerprint density at radius 1 is 0.781 bits per heavy atom. The topological polar surface area (TPSA) is 117 Å². The first-order valence-corrected chi connectivity index (χ1v) is 14.4. The molecule has 0 N–H and O–H groups in total. The van der Waals surface area contributed by atoms with E-state index in [1.54, 1.807) is 34.6 Å². The fourth-order valence-electron chi connectivity index (χ4n) is 4.04. The van der Waals surface area contributed by atoms with Crippen molar-refractivity contribution in [1.82, 2.24) is 0 Å². The second-order valence-electron chi connectivity index (χ2n) is 8.62. The van der Waals surface area contributed by atoms with Crippen LogP contribution in [0.3, 0.4) is 0 Å². The average molecular weight is 502 g/mol. The molecular weight excluding hydrogens is 466 g/mol. The van der Waals surface area contributed by atoms with Gasteiger partial charge in [0.15, 0.2) is 23.8 Å². The van der Waals surface area contributed by atoms with E-state index in [9.17, 15) is 9.13 Å². The van der Waals surface area contributed by atoms with E-state index in [0.717, 1.165) is 0 Å². The maximum Gasteiger partial charge on any atom is 0.345 e. The van der Waals surface area contributed by atoms with Gasteiger partial charge in [0, 0.05) is 0 Å². The van der Waals surface area contributed by atoms with Crippen molar-refractivity contribution in [1.29, 1.82) is 0 Å². The van der Waals surface area contributed by atoms with Crippen LogP contribution >= 0.6 is 15.2 Å².